The molecule has 1 aromatic heterocycles. The number of benzene rings is 1. The van der Waals surface area contributed by atoms with Crippen molar-refractivity contribution in [3.63, 3.8) is 0 Å². The zero-order valence-electron chi connectivity index (χ0n) is 16.2. The van der Waals surface area contributed by atoms with Gasteiger partial charge >= 0.3 is 5.76 Å². The minimum Gasteiger partial charge on any atom is -0.392 e. The van der Waals surface area contributed by atoms with Gasteiger partial charge in [-0.25, -0.2) is 27.1 Å². The first-order valence-electron chi connectivity index (χ1n) is 9.25. The van der Waals surface area contributed by atoms with Gasteiger partial charge in [0.05, 0.1) is 25.4 Å². The average Bonchev–Trinajstić information content (AvgIpc) is 3.02. The van der Waals surface area contributed by atoms with Crippen LogP contribution in [-0.4, -0.2) is 48.9 Å². The highest BCUT2D eigenvalue weighted by atomic mass is 32.2. The molecular weight excluding hydrogens is 408 g/mol. The van der Waals surface area contributed by atoms with Gasteiger partial charge in [-0.1, -0.05) is 6.92 Å². The summed E-state index contributed by atoms with van der Waals surface area (Å²) in [5, 5.41) is 5.92. The summed E-state index contributed by atoms with van der Waals surface area (Å²) < 4.78 is 64.8. The molecule has 1 atom stereocenters. The molecule has 8 nitrogen and oxygen atoms in total. The molecule has 1 saturated heterocycles. The van der Waals surface area contributed by atoms with Crippen molar-refractivity contribution < 1.29 is 26.4 Å². The molecule has 0 amide bonds. The Labute approximate surface area is 166 Å². The summed E-state index contributed by atoms with van der Waals surface area (Å²) in [5.41, 5.74) is -0.0749. The zero-order valence-corrected chi connectivity index (χ0v) is 17.0. The summed E-state index contributed by atoms with van der Waals surface area (Å²) in [4.78, 5) is 11.3. The molecule has 1 aliphatic rings. The second kappa shape index (κ2) is 8.72. The largest absolute Gasteiger partial charge is 0.434 e. The highest BCUT2D eigenvalue weighted by molar-refractivity contribution is 7.88. The molecule has 160 valence electrons. The summed E-state index contributed by atoms with van der Waals surface area (Å²) in [5.74, 6) is -2.93. The smallest absolute Gasteiger partial charge is 0.392 e. The fourth-order valence-electron chi connectivity index (χ4n) is 3.30. The Morgan fingerprint density at radius 2 is 2.03 bits per heavy atom. The standard InChI is InChI=1S/C18H23F2N3O5S/c1-3-4-23(29(2,25)26)8-12-6-16(20)13(7-15(12)19)14(5-11-9-27-10-11)17-21-22-18(24)28-17/h6-7,11,14H,3-5,8-10H2,1-2H3,(H,22,24)/t14-/m1/s1. The predicted octanol–water partition coefficient (Wildman–Crippen LogP) is 1.98. The molecule has 1 aliphatic heterocycles. The molecule has 3 rings (SSSR count). The Hall–Kier alpha value is -2.11. The number of hydrogen-bond acceptors (Lipinski definition) is 6. The van der Waals surface area contributed by atoms with E-state index >= 15 is 0 Å². The topological polar surface area (TPSA) is 106 Å². The van der Waals surface area contributed by atoms with Crippen LogP contribution in [0.4, 0.5) is 8.78 Å². The second-order valence-corrected chi connectivity index (χ2v) is 9.19. The number of nitrogens with one attached hydrogen (secondary N) is 1. The van der Waals surface area contributed by atoms with E-state index in [9.17, 15) is 22.0 Å². The van der Waals surface area contributed by atoms with Gasteiger partial charge < -0.3 is 9.15 Å². The lowest BCUT2D eigenvalue weighted by molar-refractivity contribution is -0.0380. The molecule has 29 heavy (non-hydrogen) atoms. The van der Waals surface area contributed by atoms with Gasteiger partial charge in [0.2, 0.25) is 15.9 Å². The van der Waals surface area contributed by atoms with E-state index < -0.39 is 33.3 Å². The highest BCUT2D eigenvalue weighted by Crippen LogP contribution is 2.34. The number of aromatic nitrogens is 2. The minimum atomic E-state index is -3.57. The molecule has 0 bridgehead atoms. The second-order valence-electron chi connectivity index (χ2n) is 7.20. The van der Waals surface area contributed by atoms with Crippen LogP contribution in [0.15, 0.2) is 21.3 Å². The normalized spacial score (nSPS) is 16.2. The van der Waals surface area contributed by atoms with E-state index in [0.29, 0.717) is 26.1 Å². The van der Waals surface area contributed by atoms with Crippen molar-refractivity contribution in [2.75, 3.05) is 26.0 Å². The van der Waals surface area contributed by atoms with Crippen LogP contribution in [0.2, 0.25) is 0 Å². The summed E-state index contributed by atoms with van der Waals surface area (Å²) >= 11 is 0. The molecule has 0 saturated carbocycles. The number of ether oxygens (including phenoxy) is 1. The number of H-pyrrole nitrogens is 1. The van der Waals surface area contributed by atoms with E-state index in [1.54, 1.807) is 6.92 Å². The molecule has 0 radical (unpaired) electrons. The lowest BCUT2D eigenvalue weighted by atomic mass is 9.87. The maximum absolute atomic E-state index is 15.0. The molecule has 0 spiro atoms. The van der Waals surface area contributed by atoms with Crippen molar-refractivity contribution in [3.05, 3.63) is 51.3 Å². The summed E-state index contributed by atoms with van der Waals surface area (Å²) in [7, 11) is -3.57. The van der Waals surface area contributed by atoms with Crippen molar-refractivity contribution in [3.8, 4) is 0 Å². The van der Waals surface area contributed by atoms with Gasteiger partial charge in [0.15, 0.2) is 0 Å². The number of hydrogen-bond donors (Lipinski definition) is 1. The lowest BCUT2D eigenvalue weighted by Gasteiger charge is -2.29. The quantitative estimate of drug-likeness (QED) is 0.651. The Bertz CT molecular complexity index is 1020. The van der Waals surface area contributed by atoms with E-state index in [1.807, 2.05) is 0 Å². The fraction of sp³-hybridized carbons (Fsp3) is 0.556. The van der Waals surface area contributed by atoms with E-state index in [4.69, 9.17) is 9.15 Å². The summed E-state index contributed by atoms with van der Waals surface area (Å²) in [6, 6.07) is 2.02. The maximum atomic E-state index is 15.0. The molecule has 1 N–H and O–H groups in total. The number of sulfonamides is 1. The van der Waals surface area contributed by atoms with Gasteiger partial charge in [0.25, 0.3) is 0 Å². The molecule has 2 aromatic rings. The SMILES string of the molecule is CCCN(Cc1cc(F)c([C@@H](CC2COC2)c2n[nH]c(=O)o2)cc1F)S(C)(=O)=O. The molecule has 0 aliphatic carbocycles. The van der Waals surface area contributed by atoms with Gasteiger partial charge in [-0.15, -0.1) is 5.10 Å². The van der Waals surface area contributed by atoms with Gasteiger partial charge in [-0.3, -0.25) is 0 Å². The monoisotopic (exact) mass is 431 g/mol. The molecule has 11 heteroatoms. The van der Waals surface area contributed by atoms with Crippen molar-refractivity contribution in [2.24, 2.45) is 5.92 Å². The molecule has 1 aromatic carbocycles. The van der Waals surface area contributed by atoms with Crippen LogP contribution < -0.4 is 5.76 Å². The third-order valence-electron chi connectivity index (χ3n) is 4.86. The molecular formula is C18H23F2N3O5S. The van der Waals surface area contributed by atoms with Crippen molar-refractivity contribution in [2.45, 2.75) is 32.2 Å². The van der Waals surface area contributed by atoms with Gasteiger partial charge in [0.1, 0.15) is 11.6 Å². The van der Waals surface area contributed by atoms with E-state index in [1.165, 1.54) is 0 Å². The van der Waals surface area contributed by atoms with Gasteiger partial charge in [0, 0.05) is 30.1 Å². The van der Waals surface area contributed by atoms with Crippen LogP contribution in [0, 0.1) is 17.6 Å². The van der Waals surface area contributed by atoms with Crippen molar-refractivity contribution in [1.29, 1.82) is 0 Å². The summed E-state index contributed by atoms with van der Waals surface area (Å²) in [6.45, 7) is 2.69. The zero-order chi connectivity index (χ0) is 21.2. The molecule has 0 unspecified atom stereocenters. The van der Waals surface area contributed by atoms with Gasteiger partial charge in [-0.2, -0.15) is 4.31 Å². The maximum Gasteiger partial charge on any atom is 0.434 e. The summed E-state index contributed by atoms with van der Waals surface area (Å²) in [6.07, 6.45) is 1.94. The first-order valence-corrected chi connectivity index (χ1v) is 11.1. The van der Waals surface area contributed by atoms with E-state index in [0.717, 1.165) is 22.7 Å². The van der Waals surface area contributed by atoms with Crippen LogP contribution >= 0.6 is 0 Å². The minimum absolute atomic E-state index is 0.00482. The van der Waals surface area contributed by atoms with Crippen LogP contribution in [0.1, 0.15) is 42.7 Å². The number of nitrogens with zero attached hydrogens (tertiary/aromatic N) is 2. The average molecular weight is 431 g/mol. The van der Waals surface area contributed by atoms with Crippen molar-refractivity contribution >= 4 is 10.0 Å². The third kappa shape index (κ3) is 5.09. The number of rotatable bonds is 9. The molecule has 2 heterocycles. The Kier molecular flexibility index (Phi) is 6.49. The Morgan fingerprint density at radius 3 is 2.55 bits per heavy atom. The first kappa shape index (κ1) is 21.6. The van der Waals surface area contributed by atoms with E-state index in [2.05, 4.69) is 10.2 Å². The number of aromatic amines is 1. The van der Waals surface area contributed by atoms with Crippen LogP contribution in [0.5, 0.6) is 0 Å². The fourth-order valence-corrected chi connectivity index (χ4v) is 4.19. The first-order chi connectivity index (χ1) is 13.7. The third-order valence-corrected chi connectivity index (χ3v) is 6.11. The number of halogens is 2. The molecule has 1 fully saturated rings. The van der Waals surface area contributed by atoms with Crippen molar-refractivity contribution in [1.82, 2.24) is 14.5 Å². The van der Waals surface area contributed by atoms with Crippen LogP contribution in [0.25, 0.3) is 0 Å². The van der Waals surface area contributed by atoms with Crippen LogP contribution in [-0.2, 0) is 21.3 Å². The predicted molar refractivity (Wildman–Crippen MR) is 99.8 cm³/mol. The lowest BCUT2D eigenvalue weighted by Crippen LogP contribution is -2.31. The highest BCUT2D eigenvalue weighted by Gasteiger charge is 2.31. The Morgan fingerprint density at radius 1 is 1.31 bits per heavy atom. The Balaban J connectivity index is 1.94. The van der Waals surface area contributed by atoms with E-state index in [-0.39, 0.29) is 36.0 Å². The van der Waals surface area contributed by atoms with Crippen LogP contribution in [0.3, 0.4) is 0 Å². The van der Waals surface area contributed by atoms with Gasteiger partial charge in [-0.05, 0) is 25.0 Å².